The van der Waals surface area contributed by atoms with Gasteiger partial charge in [-0.3, -0.25) is 9.59 Å². The molecule has 1 N–H and O–H groups in total. The number of fused-ring (bicyclic) bond motifs is 1. The molecule has 0 bridgehead atoms. The summed E-state index contributed by atoms with van der Waals surface area (Å²) < 4.78 is 5.34. The number of aromatic nitrogens is 1. The average Bonchev–Trinajstić information content (AvgIpc) is 2.89. The Bertz CT molecular complexity index is 1360. The van der Waals surface area contributed by atoms with Gasteiger partial charge in [-0.1, -0.05) is 54.6 Å². The van der Waals surface area contributed by atoms with Crippen molar-refractivity contribution in [1.29, 1.82) is 0 Å². The Morgan fingerprint density at radius 2 is 1.68 bits per heavy atom. The molecule has 0 atom stereocenters. The minimum atomic E-state index is -0.244. The monoisotopic (exact) mass is 451 g/mol. The molecule has 1 aliphatic rings. The molecular formula is C28H25N3O3. The number of anilines is 1. The number of pyridine rings is 1. The van der Waals surface area contributed by atoms with Crippen LogP contribution in [0.4, 0.5) is 5.69 Å². The van der Waals surface area contributed by atoms with Gasteiger partial charge in [-0.15, -0.1) is 0 Å². The summed E-state index contributed by atoms with van der Waals surface area (Å²) in [6.07, 6.45) is 0. The van der Waals surface area contributed by atoms with Crippen molar-refractivity contribution < 1.29 is 14.3 Å². The molecule has 5 rings (SSSR count). The normalized spacial score (nSPS) is 13.6. The molecule has 170 valence electrons. The van der Waals surface area contributed by atoms with Gasteiger partial charge < -0.3 is 15.0 Å². The van der Waals surface area contributed by atoms with E-state index >= 15 is 0 Å². The molecule has 1 aliphatic heterocycles. The first-order valence-corrected chi connectivity index (χ1v) is 11.3. The van der Waals surface area contributed by atoms with Gasteiger partial charge in [-0.25, -0.2) is 4.98 Å². The summed E-state index contributed by atoms with van der Waals surface area (Å²) in [4.78, 5) is 32.9. The van der Waals surface area contributed by atoms with Crippen molar-refractivity contribution in [1.82, 2.24) is 9.88 Å². The molecule has 0 aliphatic carbocycles. The van der Waals surface area contributed by atoms with Crippen LogP contribution >= 0.6 is 0 Å². The van der Waals surface area contributed by atoms with Gasteiger partial charge in [0.2, 0.25) is 0 Å². The molecule has 2 heterocycles. The Balaban J connectivity index is 1.48. The van der Waals surface area contributed by atoms with E-state index in [1.807, 2.05) is 61.5 Å². The van der Waals surface area contributed by atoms with Crippen molar-refractivity contribution in [2.24, 2.45) is 0 Å². The molecule has 0 spiro atoms. The molecule has 6 heteroatoms. The van der Waals surface area contributed by atoms with E-state index in [2.05, 4.69) is 5.32 Å². The largest absolute Gasteiger partial charge is 0.378 e. The first-order chi connectivity index (χ1) is 16.6. The van der Waals surface area contributed by atoms with Crippen LogP contribution in [0.25, 0.3) is 22.2 Å². The zero-order valence-electron chi connectivity index (χ0n) is 19.0. The van der Waals surface area contributed by atoms with E-state index in [0.717, 1.165) is 27.7 Å². The predicted octanol–water partition coefficient (Wildman–Crippen LogP) is 4.93. The Kier molecular flexibility index (Phi) is 6.06. The van der Waals surface area contributed by atoms with Gasteiger partial charge in [-0.2, -0.15) is 0 Å². The minimum Gasteiger partial charge on any atom is -0.378 e. The number of amides is 2. The average molecular weight is 452 g/mol. The third-order valence-corrected chi connectivity index (χ3v) is 6.02. The SMILES string of the molecule is Cc1cccc2c(C(=O)Nc3cccc(C(=O)N4CCOCC4)c3)cc(-c3ccccc3)nc12. The Hall–Kier alpha value is -4.03. The Morgan fingerprint density at radius 3 is 2.47 bits per heavy atom. The highest BCUT2D eigenvalue weighted by atomic mass is 16.5. The van der Waals surface area contributed by atoms with Gasteiger partial charge in [-0.05, 0) is 36.8 Å². The number of aryl methyl sites for hydroxylation is 1. The first-order valence-electron chi connectivity index (χ1n) is 11.3. The number of ether oxygens (including phenoxy) is 1. The van der Waals surface area contributed by atoms with E-state index in [4.69, 9.17) is 9.72 Å². The van der Waals surface area contributed by atoms with Crippen LogP contribution < -0.4 is 5.32 Å². The van der Waals surface area contributed by atoms with Crippen LogP contribution in [0.1, 0.15) is 26.3 Å². The molecule has 0 unspecified atom stereocenters. The van der Waals surface area contributed by atoms with Crippen LogP contribution in [-0.4, -0.2) is 48.0 Å². The van der Waals surface area contributed by atoms with Crippen molar-refractivity contribution in [2.45, 2.75) is 6.92 Å². The van der Waals surface area contributed by atoms with Gasteiger partial charge in [0.1, 0.15) is 0 Å². The summed E-state index contributed by atoms with van der Waals surface area (Å²) in [6.45, 7) is 4.22. The van der Waals surface area contributed by atoms with E-state index < -0.39 is 0 Å². The molecule has 3 aromatic carbocycles. The number of para-hydroxylation sites is 1. The summed E-state index contributed by atoms with van der Waals surface area (Å²) in [5, 5.41) is 3.77. The van der Waals surface area contributed by atoms with E-state index in [0.29, 0.717) is 43.1 Å². The van der Waals surface area contributed by atoms with Crippen molar-refractivity contribution in [3.05, 3.63) is 95.6 Å². The maximum atomic E-state index is 13.5. The van der Waals surface area contributed by atoms with E-state index in [1.165, 1.54) is 0 Å². The highest BCUT2D eigenvalue weighted by Gasteiger charge is 2.20. The first kappa shape index (κ1) is 21.8. The molecule has 0 saturated carbocycles. The second-order valence-electron chi connectivity index (χ2n) is 8.33. The molecule has 1 aromatic heterocycles. The summed E-state index contributed by atoms with van der Waals surface area (Å²) in [7, 11) is 0. The second kappa shape index (κ2) is 9.45. The standard InChI is InChI=1S/C28H25N3O3/c1-19-7-5-12-23-24(18-25(30-26(19)23)20-8-3-2-4-9-20)27(32)29-22-11-6-10-21(17-22)28(33)31-13-15-34-16-14-31/h2-12,17-18H,13-16H2,1H3,(H,29,32). The van der Waals surface area contributed by atoms with Crippen molar-refractivity contribution in [3.63, 3.8) is 0 Å². The van der Waals surface area contributed by atoms with Gasteiger partial charge in [0.15, 0.2) is 0 Å². The molecular weight excluding hydrogens is 426 g/mol. The topological polar surface area (TPSA) is 71.5 Å². The van der Waals surface area contributed by atoms with E-state index in [1.54, 1.807) is 29.2 Å². The number of nitrogens with one attached hydrogen (secondary N) is 1. The third-order valence-electron chi connectivity index (χ3n) is 6.02. The van der Waals surface area contributed by atoms with Crippen LogP contribution in [0.15, 0.2) is 78.9 Å². The lowest BCUT2D eigenvalue weighted by molar-refractivity contribution is 0.0303. The van der Waals surface area contributed by atoms with Crippen LogP contribution in [-0.2, 0) is 4.74 Å². The number of carbonyl (C=O) groups is 2. The van der Waals surface area contributed by atoms with Crippen LogP contribution in [0, 0.1) is 6.92 Å². The fraction of sp³-hybridized carbons (Fsp3) is 0.179. The van der Waals surface area contributed by atoms with Crippen molar-refractivity contribution in [3.8, 4) is 11.3 Å². The van der Waals surface area contributed by atoms with Crippen molar-refractivity contribution >= 4 is 28.4 Å². The highest BCUT2D eigenvalue weighted by molar-refractivity contribution is 6.13. The smallest absolute Gasteiger partial charge is 0.256 e. The van der Waals surface area contributed by atoms with Gasteiger partial charge in [0.05, 0.1) is 30.0 Å². The molecule has 34 heavy (non-hydrogen) atoms. The maximum absolute atomic E-state index is 13.5. The fourth-order valence-electron chi connectivity index (χ4n) is 4.21. The zero-order chi connectivity index (χ0) is 23.5. The number of morpholine rings is 1. The van der Waals surface area contributed by atoms with Crippen molar-refractivity contribution in [2.75, 3.05) is 31.6 Å². The summed E-state index contributed by atoms with van der Waals surface area (Å²) >= 11 is 0. The minimum absolute atomic E-state index is 0.0595. The molecule has 1 fully saturated rings. The summed E-state index contributed by atoms with van der Waals surface area (Å²) in [5.74, 6) is -0.304. The summed E-state index contributed by atoms with van der Waals surface area (Å²) in [6, 6.07) is 24.6. The molecule has 4 aromatic rings. The quantitative estimate of drug-likeness (QED) is 0.477. The molecule has 2 amide bonds. The highest BCUT2D eigenvalue weighted by Crippen LogP contribution is 2.27. The summed E-state index contributed by atoms with van der Waals surface area (Å²) in [5.41, 5.74) is 5.14. The number of hydrogen-bond acceptors (Lipinski definition) is 4. The van der Waals surface area contributed by atoms with Gasteiger partial charge in [0.25, 0.3) is 11.8 Å². The van der Waals surface area contributed by atoms with Gasteiger partial charge >= 0.3 is 0 Å². The van der Waals surface area contributed by atoms with Gasteiger partial charge in [0, 0.05) is 35.3 Å². The number of benzene rings is 3. The van der Waals surface area contributed by atoms with Crippen LogP contribution in [0.5, 0.6) is 0 Å². The number of rotatable bonds is 4. The van der Waals surface area contributed by atoms with E-state index in [9.17, 15) is 9.59 Å². The number of carbonyl (C=O) groups excluding carboxylic acids is 2. The Morgan fingerprint density at radius 1 is 0.912 bits per heavy atom. The lowest BCUT2D eigenvalue weighted by Crippen LogP contribution is -2.40. The lowest BCUT2D eigenvalue weighted by Gasteiger charge is -2.27. The number of hydrogen-bond donors (Lipinski definition) is 1. The van der Waals surface area contributed by atoms with Crippen LogP contribution in [0.3, 0.4) is 0 Å². The molecule has 6 nitrogen and oxygen atoms in total. The number of nitrogens with zero attached hydrogens (tertiary/aromatic N) is 2. The third kappa shape index (κ3) is 4.40. The molecule has 1 saturated heterocycles. The molecule has 0 radical (unpaired) electrons. The van der Waals surface area contributed by atoms with Crippen LogP contribution in [0.2, 0.25) is 0 Å². The zero-order valence-corrected chi connectivity index (χ0v) is 19.0. The Labute approximate surface area is 198 Å². The lowest BCUT2D eigenvalue weighted by atomic mass is 10.0. The predicted molar refractivity (Wildman–Crippen MR) is 133 cm³/mol. The van der Waals surface area contributed by atoms with E-state index in [-0.39, 0.29) is 11.8 Å². The fourth-order valence-corrected chi connectivity index (χ4v) is 4.21. The maximum Gasteiger partial charge on any atom is 0.256 e. The second-order valence-corrected chi connectivity index (χ2v) is 8.33.